The number of amides is 1. The standard InChI is InChI=1S/C28H31N3O6S/c1-21-7-13-25(14-8-21)38(34,35)30-26(19-27(32)37-20-22-5-3-2-4-6-22)28(33)29-23-9-11-24(12-10-23)31-15-17-36-18-16-31/h2-14,26,30H,15-20H2,1H3,(H,29,33)/t26-/m0/s1. The summed E-state index contributed by atoms with van der Waals surface area (Å²) in [6, 6.07) is 21.2. The Hall–Kier alpha value is -3.73. The lowest BCUT2D eigenvalue weighted by Gasteiger charge is -2.29. The minimum atomic E-state index is -4.08. The molecule has 1 amide bonds. The Labute approximate surface area is 222 Å². The Morgan fingerprint density at radius 2 is 1.61 bits per heavy atom. The Kier molecular flexibility index (Phi) is 9.11. The zero-order chi connectivity index (χ0) is 27.0. The van der Waals surface area contributed by atoms with Crippen LogP contribution in [0.4, 0.5) is 11.4 Å². The number of sulfonamides is 1. The minimum Gasteiger partial charge on any atom is -0.461 e. The molecule has 0 aliphatic carbocycles. The maximum atomic E-state index is 13.2. The number of carbonyl (C=O) groups is 2. The number of hydrogen-bond acceptors (Lipinski definition) is 7. The van der Waals surface area contributed by atoms with Crippen LogP contribution in [0.1, 0.15) is 17.5 Å². The topological polar surface area (TPSA) is 114 Å². The second-order valence-electron chi connectivity index (χ2n) is 8.97. The van der Waals surface area contributed by atoms with Crippen LogP contribution in [-0.2, 0) is 35.7 Å². The number of rotatable bonds is 10. The molecule has 0 aromatic heterocycles. The number of hydrogen-bond donors (Lipinski definition) is 2. The number of nitrogens with one attached hydrogen (secondary N) is 2. The number of benzene rings is 3. The van der Waals surface area contributed by atoms with E-state index in [4.69, 9.17) is 9.47 Å². The van der Waals surface area contributed by atoms with Crippen molar-refractivity contribution in [3.63, 3.8) is 0 Å². The normalized spacial score (nSPS) is 14.5. The highest BCUT2D eigenvalue weighted by molar-refractivity contribution is 7.89. The lowest BCUT2D eigenvalue weighted by atomic mass is 10.2. The van der Waals surface area contributed by atoms with Crippen LogP contribution >= 0.6 is 0 Å². The molecule has 200 valence electrons. The first kappa shape index (κ1) is 27.3. The van der Waals surface area contributed by atoms with Crippen molar-refractivity contribution in [2.45, 2.75) is 30.9 Å². The third-order valence-corrected chi connectivity index (χ3v) is 7.56. The molecular formula is C28H31N3O6S. The van der Waals surface area contributed by atoms with E-state index in [1.165, 1.54) is 12.1 Å². The van der Waals surface area contributed by atoms with Crippen LogP contribution in [-0.4, -0.2) is 52.6 Å². The van der Waals surface area contributed by atoms with E-state index in [-0.39, 0.29) is 11.5 Å². The van der Waals surface area contributed by atoms with Gasteiger partial charge in [0.2, 0.25) is 15.9 Å². The molecule has 0 radical (unpaired) electrons. The molecule has 3 aromatic carbocycles. The van der Waals surface area contributed by atoms with E-state index in [9.17, 15) is 18.0 Å². The number of esters is 1. The number of morpholine rings is 1. The smallest absolute Gasteiger partial charge is 0.308 e. The van der Waals surface area contributed by atoms with Gasteiger partial charge in [0, 0.05) is 24.5 Å². The molecule has 1 aliphatic rings. The lowest BCUT2D eigenvalue weighted by Crippen LogP contribution is -2.45. The molecule has 3 aromatic rings. The van der Waals surface area contributed by atoms with E-state index in [1.54, 1.807) is 36.4 Å². The summed E-state index contributed by atoms with van der Waals surface area (Å²) < 4.78 is 39.1. The van der Waals surface area contributed by atoms with Gasteiger partial charge < -0.3 is 19.7 Å². The van der Waals surface area contributed by atoms with Crippen LogP contribution in [0.15, 0.2) is 83.8 Å². The van der Waals surface area contributed by atoms with Gasteiger partial charge in [-0.25, -0.2) is 8.42 Å². The molecule has 0 saturated carbocycles. The van der Waals surface area contributed by atoms with Crippen LogP contribution in [0.25, 0.3) is 0 Å². The molecule has 1 atom stereocenters. The van der Waals surface area contributed by atoms with Crippen LogP contribution in [0.3, 0.4) is 0 Å². The first-order valence-electron chi connectivity index (χ1n) is 12.3. The van der Waals surface area contributed by atoms with Gasteiger partial charge in [0.25, 0.3) is 0 Å². The summed E-state index contributed by atoms with van der Waals surface area (Å²) >= 11 is 0. The van der Waals surface area contributed by atoms with Crippen molar-refractivity contribution in [1.82, 2.24) is 4.72 Å². The highest BCUT2D eigenvalue weighted by Crippen LogP contribution is 2.20. The Balaban J connectivity index is 1.46. The van der Waals surface area contributed by atoms with E-state index < -0.39 is 34.4 Å². The van der Waals surface area contributed by atoms with Crippen molar-refractivity contribution < 1.29 is 27.5 Å². The third kappa shape index (κ3) is 7.64. The van der Waals surface area contributed by atoms with Gasteiger partial charge in [0.1, 0.15) is 12.6 Å². The van der Waals surface area contributed by atoms with Crippen molar-refractivity contribution in [3.05, 3.63) is 90.0 Å². The molecule has 0 bridgehead atoms. The maximum absolute atomic E-state index is 13.2. The Bertz CT molecular complexity index is 1320. The largest absolute Gasteiger partial charge is 0.461 e. The van der Waals surface area contributed by atoms with Crippen LogP contribution in [0.2, 0.25) is 0 Å². The molecule has 0 unspecified atom stereocenters. The van der Waals surface area contributed by atoms with Gasteiger partial charge in [-0.3, -0.25) is 9.59 Å². The van der Waals surface area contributed by atoms with Gasteiger partial charge in [0.15, 0.2) is 0 Å². The summed E-state index contributed by atoms with van der Waals surface area (Å²) in [7, 11) is -4.08. The van der Waals surface area contributed by atoms with Crippen molar-refractivity contribution in [2.75, 3.05) is 36.5 Å². The number of aryl methyl sites for hydroxylation is 1. The molecule has 1 saturated heterocycles. The number of ether oxygens (including phenoxy) is 2. The third-order valence-electron chi connectivity index (χ3n) is 6.07. The second kappa shape index (κ2) is 12.7. The van der Waals surface area contributed by atoms with Crippen LogP contribution in [0, 0.1) is 6.92 Å². The summed E-state index contributed by atoms with van der Waals surface area (Å²) in [5.41, 5.74) is 3.14. The van der Waals surface area contributed by atoms with Gasteiger partial charge in [-0.1, -0.05) is 48.0 Å². The van der Waals surface area contributed by atoms with E-state index in [0.717, 1.165) is 29.9 Å². The monoisotopic (exact) mass is 537 g/mol. The molecule has 0 spiro atoms. The minimum absolute atomic E-state index is 0.00610. The lowest BCUT2D eigenvalue weighted by molar-refractivity contribution is -0.146. The van der Waals surface area contributed by atoms with Crippen molar-refractivity contribution >= 4 is 33.3 Å². The molecule has 10 heteroatoms. The van der Waals surface area contributed by atoms with Gasteiger partial charge in [-0.2, -0.15) is 4.72 Å². The Morgan fingerprint density at radius 1 is 0.947 bits per heavy atom. The van der Waals surface area contributed by atoms with E-state index >= 15 is 0 Å². The van der Waals surface area contributed by atoms with Crippen LogP contribution in [0.5, 0.6) is 0 Å². The van der Waals surface area contributed by atoms with Crippen molar-refractivity contribution in [3.8, 4) is 0 Å². The molecule has 1 fully saturated rings. The number of carbonyl (C=O) groups excluding carboxylic acids is 2. The maximum Gasteiger partial charge on any atom is 0.308 e. The SMILES string of the molecule is Cc1ccc(S(=O)(=O)N[C@@H](CC(=O)OCc2ccccc2)C(=O)Nc2ccc(N3CCOCC3)cc2)cc1. The fourth-order valence-electron chi connectivity index (χ4n) is 3.93. The Morgan fingerprint density at radius 3 is 2.26 bits per heavy atom. The summed E-state index contributed by atoms with van der Waals surface area (Å²) in [6.07, 6.45) is -0.477. The second-order valence-corrected chi connectivity index (χ2v) is 10.7. The van der Waals surface area contributed by atoms with Gasteiger partial charge in [0.05, 0.1) is 24.5 Å². The summed E-state index contributed by atoms with van der Waals surface area (Å²) in [5.74, 6) is -1.38. The van der Waals surface area contributed by atoms with Gasteiger partial charge in [-0.15, -0.1) is 0 Å². The highest BCUT2D eigenvalue weighted by atomic mass is 32.2. The molecular weight excluding hydrogens is 506 g/mol. The highest BCUT2D eigenvalue weighted by Gasteiger charge is 2.29. The predicted octanol–water partition coefficient (Wildman–Crippen LogP) is 3.25. The van der Waals surface area contributed by atoms with Gasteiger partial charge >= 0.3 is 5.97 Å². The molecule has 9 nitrogen and oxygen atoms in total. The first-order valence-corrected chi connectivity index (χ1v) is 13.8. The molecule has 1 aliphatic heterocycles. The van der Waals surface area contributed by atoms with Crippen molar-refractivity contribution in [1.29, 1.82) is 0 Å². The average Bonchev–Trinajstić information content (AvgIpc) is 2.93. The fourth-order valence-corrected chi connectivity index (χ4v) is 5.13. The van der Waals surface area contributed by atoms with E-state index in [0.29, 0.717) is 18.9 Å². The predicted molar refractivity (Wildman–Crippen MR) is 144 cm³/mol. The molecule has 2 N–H and O–H groups in total. The summed E-state index contributed by atoms with van der Waals surface area (Å²) in [4.78, 5) is 28.0. The molecule has 1 heterocycles. The summed E-state index contributed by atoms with van der Waals surface area (Å²) in [5, 5.41) is 2.72. The quantitative estimate of drug-likeness (QED) is 0.382. The average molecular weight is 538 g/mol. The first-order chi connectivity index (χ1) is 18.3. The zero-order valence-corrected chi connectivity index (χ0v) is 21.9. The number of nitrogens with zero attached hydrogens (tertiary/aromatic N) is 1. The van der Waals surface area contributed by atoms with Crippen molar-refractivity contribution in [2.24, 2.45) is 0 Å². The molecule has 4 rings (SSSR count). The zero-order valence-electron chi connectivity index (χ0n) is 21.1. The van der Waals surface area contributed by atoms with E-state index in [2.05, 4.69) is 14.9 Å². The summed E-state index contributed by atoms with van der Waals surface area (Å²) in [6.45, 7) is 4.72. The van der Waals surface area contributed by atoms with Crippen LogP contribution < -0.4 is 14.9 Å². The number of anilines is 2. The van der Waals surface area contributed by atoms with Gasteiger partial charge in [-0.05, 0) is 48.9 Å². The molecule has 38 heavy (non-hydrogen) atoms. The fraction of sp³-hybridized carbons (Fsp3) is 0.286. The van der Waals surface area contributed by atoms with E-state index in [1.807, 2.05) is 37.3 Å².